The van der Waals surface area contributed by atoms with Crippen LogP contribution in [0.3, 0.4) is 0 Å². The van der Waals surface area contributed by atoms with Gasteiger partial charge in [-0.05, 0) is 31.5 Å². The van der Waals surface area contributed by atoms with E-state index in [-0.39, 0.29) is 12.1 Å². The zero-order valence-corrected chi connectivity index (χ0v) is 15.6. The van der Waals surface area contributed by atoms with Gasteiger partial charge >= 0.3 is 6.01 Å². The Hall–Kier alpha value is -2.67. The van der Waals surface area contributed by atoms with Crippen molar-refractivity contribution < 1.29 is 14.2 Å². The Balaban J connectivity index is 2.05. The highest BCUT2D eigenvalue weighted by molar-refractivity contribution is 5.22. The number of rotatable bonds is 11. The maximum absolute atomic E-state index is 6.02. The van der Waals surface area contributed by atoms with Gasteiger partial charge in [0.1, 0.15) is 6.10 Å². The minimum absolute atomic E-state index is 0.0912. The van der Waals surface area contributed by atoms with E-state index in [1.165, 1.54) is 0 Å². The van der Waals surface area contributed by atoms with Crippen LogP contribution in [0.25, 0.3) is 0 Å². The Kier molecular flexibility index (Phi) is 7.82. The minimum atomic E-state index is -0.0912. The van der Waals surface area contributed by atoms with Crippen LogP contribution in [0.1, 0.15) is 18.4 Å². The van der Waals surface area contributed by atoms with Gasteiger partial charge in [0, 0.05) is 25.5 Å². The van der Waals surface area contributed by atoms with Gasteiger partial charge in [-0.3, -0.25) is 9.88 Å². The zero-order valence-electron chi connectivity index (χ0n) is 15.6. The molecule has 0 unspecified atom stereocenters. The van der Waals surface area contributed by atoms with E-state index < -0.39 is 0 Å². The molecule has 2 rings (SSSR count). The molecule has 0 spiro atoms. The molecule has 0 aromatic carbocycles. The Morgan fingerprint density at radius 2 is 1.96 bits per heavy atom. The van der Waals surface area contributed by atoms with E-state index in [1.807, 2.05) is 25.4 Å². The van der Waals surface area contributed by atoms with Gasteiger partial charge in [0.2, 0.25) is 11.8 Å². The highest BCUT2D eigenvalue weighted by Crippen LogP contribution is 2.20. The molecule has 0 fully saturated rings. The van der Waals surface area contributed by atoms with Crippen molar-refractivity contribution in [1.29, 1.82) is 0 Å². The first-order valence-electron chi connectivity index (χ1n) is 8.46. The number of pyridine rings is 1. The fourth-order valence-electron chi connectivity index (χ4n) is 2.50. The lowest BCUT2D eigenvalue weighted by Crippen LogP contribution is -2.33. The van der Waals surface area contributed by atoms with E-state index in [1.54, 1.807) is 26.5 Å². The molecular formula is C19H26N4O3. The summed E-state index contributed by atoms with van der Waals surface area (Å²) in [5.41, 5.74) is 1.15. The summed E-state index contributed by atoms with van der Waals surface area (Å²) in [4.78, 5) is 14.8. The summed E-state index contributed by atoms with van der Waals surface area (Å²) in [6, 6.07) is 5.84. The molecule has 1 atom stereocenters. The Labute approximate surface area is 154 Å². The first-order chi connectivity index (χ1) is 12.6. The van der Waals surface area contributed by atoms with E-state index in [0.717, 1.165) is 24.9 Å². The van der Waals surface area contributed by atoms with Gasteiger partial charge < -0.3 is 14.2 Å². The number of aromatic nitrogens is 3. The summed E-state index contributed by atoms with van der Waals surface area (Å²) in [6.07, 6.45) is 7.08. The van der Waals surface area contributed by atoms with Crippen LogP contribution < -0.4 is 14.2 Å². The lowest BCUT2D eigenvalue weighted by Gasteiger charge is -2.24. The van der Waals surface area contributed by atoms with Gasteiger partial charge in [-0.25, -0.2) is 0 Å². The van der Waals surface area contributed by atoms with Crippen molar-refractivity contribution >= 4 is 0 Å². The molecule has 7 nitrogen and oxygen atoms in total. The van der Waals surface area contributed by atoms with E-state index in [4.69, 9.17) is 14.2 Å². The Morgan fingerprint density at radius 1 is 1.23 bits per heavy atom. The van der Waals surface area contributed by atoms with Crippen LogP contribution in [0.15, 0.2) is 43.2 Å². The Bertz CT molecular complexity index is 659. The molecule has 0 saturated carbocycles. The van der Waals surface area contributed by atoms with Gasteiger partial charge in [0.25, 0.3) is 0 Å². The molecule has 140 valence electrons. The average molecular weight is 358 g/mol. The van der Waals surface area contributed by atoms with Crippen molar-refractivity contribution in [3.8, 4) is 17.8 Å². The summed E-state index contributed by atoms with van der Waals surface area (Å²) in [5, 5.41) is 0. The Morgan fingerprint density at radius 3 is 2.54 bits per heavy atom. The topological polar surface area (TPSA) is 69.6 Å². The molecule has 0 radical (unpaired) electrons. The van der Waals surface area contributed by atoms with E-state index in [2.05, 4.69) is 32.5 Å². The molecule has 2 aromatic heterocycles. The largest absolute Gasteiger partial charge is 0.481 e. The highest BCUT2D eigenvalue weighted by Gasteiger charge is 2.16. The normalized spacial score (nSPS) is 11.8. The lowest BCUT2D eigenvalue weighted by atomic mass is 10.1. The molecule has 0 bridgehead atoms. The second-order valence-electron chi connectivity index (χ2n) is 5.90. The summed E-state index contributed by atoms with van der Waals surface area (Å²) < 4.78 is 16.4. The number of hydrogen-bond donors (Lipinski definition) is 0. The van der Waals surface area contributed by atoms with Gasteiger partial charge in [0.15, 0.2) is 0 Å². The standard InChI is InChI=1S/C19H26N4O3/c1-5-6-9-16(14-23(2)13-15-8-7-10-20-12-15)26-19-21-17(24-3)11-18(22-19)25-4/h5,7-8,10-12,16H,1,6,9,13-14H2,2-4H3/t16-/m0/s1. The summed E-state index contributed by atoms with van der Waals surface area (Å²) >= 11 is 0. The smallest absolute Gasteiger partial charge is 0.323 e. The molecule has 2 aromatic rings. The number of likely N-dealkylation sites (N-methyl/N-ethyl adjacent to an activating group) is 1. The van der Waals surface area contributed by atoms with Crippen LogP contribution in [0, 0.1) is 0 Å². The molecule has 0 amide bonds. The highest BCUT2D eigenvalue weighted by atomic mass is 16.5. The maximum Gasteiger partial charge on any atom is 0.323 e. The fraction of sp³-hybridized carbons (Fsp3) is 0.421. The summed E-state index contributed by atoms with van der Waals surface area (Å²) in [6.45, 7) is 5.29. The van der Waals surface area contributed by atoms with Gasteiger partial charge in [-0.15, -0.1) is 6.58 Å². The van der Waals surface area contributed by atoms with Crippen molar-refractivity contribution in [2.75, 3.05) is 27.8 Å². The van der Waals surface area contributed by atoms with E-state index in [9.17, 15) is 0 Å². The molecule has 26 heavy (non-hydrogen) atoms. The second kappa shape index (κ2) is 10.4. The van der Waals surface area contributed by atoms with Crippen LogP contribution in [0.2, 0.25) is 0 Å². The molecular weight excluding hydrogens is 332 g/mol. The summed E-state index contributed by atoms with van der Waals surface area (Å²) in [5.74, 6) is 0.802. The van der Waals surface area contributed by atoms with Crippen molar-refractivity contribution in [2.24, 2.45) is 0 Å². The number of allylic oxidation sites excluding steroid dienone is 1. The number of nitrogens with zero attached hydrogens (tertiary/aromatic N) is 4. The maximum atomic E-state index is 6.02. The molecule has 0 aliphatic rings. The van der Waals surface area contributed by atoms with Crippen LogP contribution in [0.5, 0.6) is 17.8 Å². The van der Waals surface area contributed by atoms with Crippen LogP contribution in [-0.4, -0.2) is 53.8 Å². The quantitative estimate of drug-likeness (QED) is 0.572. The third kappa shape index (κ3) is 6.33. The molecule has 0 saturated heterocycles. The van der Waals surface area contributed by atoms with Gasteiger partial charge in [-0.1, -0.05) is 12.1 Å². The number of ether oxygens (including phenoxy) is 3. The van der Waals surface area contributed by atoms with Crippen molar-refractivity contribution in [1.82, 2.24) is 19.9 Å². The predicted molar refractivity (Wildman–Crippen MR) is 99.6 cm³/mol. The van der Waals surface area contributed by atoms with E-state index in [0.29, 0.717) is 18.3 Å². The van der Waals surface area contributed by atoms with Crippen molar-refractivity contribution in [2.45, 2.75) is 25.5 Å². The van der Waals surface area contributed by atoms with Gasteiger partial charge in [0.05, 0.1) is 20.3 Å². The fourth-order valence-corrected chi connectivity index (χ4v) is 2.50. The molecule has 0 aliphatic heterocycles. The monoisotopic (exact) mass is 358 g/mol. The van der Waals surface area contributed by atoms with Gasteiger partial charge in [-0.2, -0.15) is 9.97 Å². The summed E-state index contributed by atoms with van der Waals surface area (Å²) in [7, 11) is 5.13. The molecule has 0 N–H and O–H groups in total. The molecule has 0 aliphatic carbocycles. The van der Waals surface area contributed by atoms with Crippen molar-refractivity contribution in [3.63, 3.8) is 0 Å². The number of methoxy groups -OCH3 is 2. The van der Waals surface area contributed by atoms with E-state index >= 15 is 0 Å². The lowest BCUT2D eigenvalue weighted by molar-refractivity contribution is 0.124. The average Bonchev–Trinajstić information content (AvgIpc) is 2.66. The third-order valence-electron chi connectivity index (χ3n) is 3.73. The van der Waals surface area contributed by atoms with Crippen LogP contribution in [-0.2, 0) is 6.54 Å². The van der Waals surface area contributed by atoms with Crippen LogP contribution >= 0.6 is 0 Å². The predicted octanol–water partition coefficient (Wildman–Crippen LogP) is 2.73. The molecule has 2 heterocycles. The van der Waals surface area contributed by atoms with Crippen LogP contribution in [0.4, 0.5) is 0 Å². The minimum Gasteiger partial charge on any atom is -0.481 e. The number of hydrogen-bond acceptors (Lipinski definition) is 7. The first kappa shape index (κ1) is 19.7. The zero-order chi connectivity index (χ0) is 18.8. The SMILES string of the molecule is C=CCC[C@@H](CN(C)Cc1cccnc1)Oc1nc(OC)cc(OC)n1. The second-order valence-corrected chi connectivity index (χ2v) is 5.90. The molecule has 7 heteroatoms. The van der Waals surface area contributed by atoms with Crippen molar-refractivity contribution in [3.05, 3.63) is 48.8 Å². The third-order valence-corrected chi connectivity index (χ3v) is 3.73. The first-order valence-corrected chi connectivity index (χ1v) is 8.46.